The fraction of sp³-hybridized carbons (Fsp3) is 0.214. The molecule has 88 valence electrons. The second-order valence-corrected chi connectivity index (χ2v) is 4.74. The maximum atomic E-state index is 4.42. The molecule has 0 aliphatic rings. The molecule has 1 N–H and O–H groups in total. The largest absolute Gasteiger partial charge is 0.278 e. The van der Waals surface area contributed by atoms with Crippen molar-refractivity contribution in [2.45, 2.75) is 20.3 Å². The topological polar surface area (TPSA) is 24.4 Å². The fourth-order valence-corrected chi connectivity index (χ4v) is 2.30. The van der Waals surface area contributed by atoms with E-state index in [0.29, 0.717) is 0 Å². The summed E-state index contributed by atoms with van der Waals surface area (Å²) >= 11 is 1.71. The minimum atomic E-state index is 1.01. The molecular formula is C14H16N2S. The van der Waals surface area contributed by atoms with Gasteiger partial charge in [-0.2, -0.15) is 5.10 Å². The Bertz CT molecular complexity index is 501. The van der Waals surface area contributed by atoms with Gasteiger partial charge in [-0.05, 0) is 36.4 Å². The predicted octanol–water partition coefficient (Wildman–Crippen LogP) is 4.15. The predicted molar refractivity (Wildman–Crippen MR) is 76.0 cm³/mol. The number of aryl methyl sites for hydroxylation is 1. The van der Waals surface area contributed by atoms with Crippen LogP contribution in [0.5, 0.6) is 0 Å². The molecule has 2 aromatic rings. The van der Waals surface area contributed by atoms with Crippen molar-refractivity contribution in [3.63, 3.8) is 0 Å². The molecule has 0 unspecified atom stereocenters. The molecule has 0 aliphatic heterocycles. The lowest BCUT2D eigenvalue weighted by atomic mass is 10.1. The van der Waals surface area contributed by atoms with Gasteiger partial charge in [0.15, 0.2) is 0 Å². The zero-order valence-corrected chi connectivity index (χ0v) is 10.9. The molecule has 0 fully saturated rings. The molecule has 0 radical (unpaired) electrons. The minimum absolute atomic E-state index is 1.01. The van der Waals surface area contributed by atoms with E-state index in [0.717, 1.165) is 17.8 Å². The van der Waals surface area contributed by atoms with Crippen LogP contribution >= 0.6 is 11.3 Å². The van der Waals surface area contributed by atoms with E-state index in [4.69, 9.17) is 0 Å². The molecule has 3 heteroatoms. The number of benzene rings is 1. The molecule has 17 heavy (non-hydrogen) atoms. The Morgan fingerprint density at radius 3 is 2.76 bits per heavy atom. The van der Waals surface area contributed by atoms with Crippen molar-refractivity contribution in [2.75, 3.05) is 5.43 Å². The van der Waals surface area contributed by atoms with E-state index < -0.39 is 0 Å². The number of hydrazone groups is 1. The standard InChI is InChI=1S/C14H16N2S/c1-3-12-7-4-5-8-13(12)16-15-11(2)14-9-6-10-17-14/h4-10,16H,3H2,1-2H3. The van der Waals surface area contributed by atoms with Crippen molar-refractivity contribution in [1.82, 2.24) is 0 Å². The van der Waals surface area contributed by atoms with Gasteiger partial charge in [-0.25, -0.2) is 0 Å². The van der Waals surface area contributed by atoms with Gasteiger partial charge in [0.05, 0.1) is 11.4 Å². The monoisotopic (exact) mass is 244 g/mol. The van der Waals surface area contributed by atoms with E-state index >= 15 is 0 Å². The van der Waals surface area contributed by atoms with Gasteiger partial charge in [-0.15, -0.1) is 11.3 Å². The molecule has 1 aromatic carbocycles. The van der Waals surface area contributed by atoms with Crippen LogP contribution in [-0.4, -0.2) is 5.71 Å². The molecule has 0 bridgehead atoms. The van der Waals surface area contributed by atoms with E-state index in [1.165, 1.54) is 10.4 Å². The molecular weight excluding hydrogens is 228 g/mol. The number of anilines is 1. The number of hydrogen-bond acceptors (Lipinski definition) is 3. The molecule has 0 amide bonds. The Morgan fingerprint density at radius 1 is 1.24 bits per heavy atom. The van der Waals surface area contributed by atoms with Crippen LogP contribution in [-0.2, 0) is 6.42 Å². The molecule has 0 atom stereocenters. The Morgan fingerprint density at radius 2 is 2.06 bits per heavy atom. The van der Waals surface area contributed by atoms with E-state index in [9.17, 15) is 0 Å². The Labute approximate surface area is 106 Å². The van der Waals surface area contributed by atoms with Crippen LogP contribution in [0.4, 0.5) is 5.69 Å². The number of thiophene rings is 1. The van der Waals surface area contributed by atoms with Gasteiger partial charge in [0.2, 0.25) is 0 Å². The third kappa shape index (κ3) is 2.94. The third-order valence-corrected chi connectivity index (χ3v) is 3.60. The van der Waals surface area contributed by atoms with E-state index in [1.807, 2.05) is 19.1 Å². The van der Waals surface area contributed by atoms with Crippen molar-refractivity contribution in [3.8, 4) is 0 Å². The first kappa shape index (κ1) is 11.9. The summed E-state index contributed by atoms with van der Waals surface area (Å²) in [6.45, 7) is 4.17. The lowest BCUT2D eigenvalue weighted by Crippen LogP contribution is -1.99. The summed E-state index contributed by atoms with van der Waals surface area (Å²) in [5.41, 5.74) is 6.54. The van der Waals surface area contributed by atoms with Crippen molar-refractivity contribution in [1.29, 1.82) is 0 Å². The number of para-hydroxylation sites is 1. The first-order chi connectivity index (χ1) is 8.31. The van der Waals surface area contributed by atoms with E-state index in [2.05, 4.69) is 47.1 Å². The molecule has 2 rings (SSSR count). The van der Waals surface area contributed by atoms with Gasteiger partial charge in [0.1, 0.15) is 0 Å². The smallest absolute Gasteiger partial charge is 0.0747 e. The summed E-state index contributed by atoms with van der Waals surface area (Å²) in [6.07, 6.45) is 1.01. The molecule has 1 heterocycles. The van der Waals surface area contributed by atoms with Crippen molar-refractivity contribution in [2.24, 2.45) is 5.10 Å². The van der Waals surface area contributed by atoms with E-state index in [1.54, 1.807) is 11.3 Å². The maximum Gasteiger partial charge on any atom is 0.0747 e. The van der Waals surface area contributed by atoms with Gasteiger partial charge in [-0.1, -0.05) is 31.2 Å². The van der Waals surface area contributed by atoms with Crippen LogP contribution in [0.15, 0.2) is 46.9 Å². The second-order valence-electron chi connectivity index (χ2n) is 3.80. The second kappa shape index (κ2) is 5.64. The summed E-state index contributed by atoms with van der Waals surface area (Å²) in [7, 11) is 0. The zero-order valence-electron chi connectivity index (χ0n) is 10.1. The first-order valence-electron chi connectivity index (χ1n) is 5.73. The summed E-state index contributed by atoms with van der Waals surface area (Å²) in [4.78, 5) is 1.20. The van der Waals surface area contributed by atoms with Crippen LogP contribution in [0.25, 0.3) is 0 Å². The van der Waals surface area contributed by atoms with Crippen LogP contribution in [0.1, 0.15) is 24.3 Å². The Hall–Kier alpha value is -1.61. The molecule has 2 nitrogen and oxygen atoms in total. The van der Waals surface area contributed by atoms with Crippen LogP contribution in [0.3, 0.4) is 0 Å². The lowest BCUT2D eigenvalue weighted by molar-refractivity contribution is 1.13. The van der Waals surface area contributed by atoms with Crippen molar-refractivity contribution >= 4 is 22.7 Å². The molecule has 0 saturated carbocycles. The summed E-state index contributed by atoms with van der Waals surface area (Å²) in [5.74, 6) is 0. The molecule has 0 spiro atoms. The van der Waals surface area contributed by atoms with Gasteiger partial charge in [0.25, 0.3) is 0 Å². The SMILES string of the molecule is CCc1ccccc1NN=C(C)c1cccs1. The average molecular weight is 244 g/mol. The van der Waals surface area contributed by atoms with Gasteiger partial charge in [-0.3, -0.25) is 5.43 Å². The average Bonchev–Trinajstić information content (AvgIpc) is 2.90. The fourth-order valence-electron chi connectivity index (χ4n) is 1.62. The van der Waals surface area contributed by atoms with Crippen molar-refractivity contribution < 1.29 is 0 Å². The van der Waals surface area contributed by atoms with E-state index in [-0.39, 0.29) is 0 Å². The molecule has 0 aliphatic carbocycles. The summed E-state index contributed by atoms with van der Waals surface area (Å²) in [5, 5.41) is 6.49. The Balaban J connectivity index is 2.14. The highest BCUT2D eigenvalue weighted by Crippen LogP contribution is 2.16. The molecule has 0 saturated heterocycles. The molecule has 1 aromatic heterocycles. The quantitative estimate of drug-likeness (QED) is 0.634. The lowest BCUT2D eigenvalue weighted by Gasteiger charge is -2.07. The number of nitrogens with zero attached hydrogens (tertiary/aromatic N) is 1. The van der Waals surface area contributed by atoms with Crippen molar-refractivity contribution in [3.05, 3.63) is 52.2 Å². The zero-order chi connectivity index (χ0) is 12.1. The van der Waals surface area contributed by atoms with Crippen LogP contribution in [0.2, 0.25) is 0 Å². The number of hydrogen-bond donors (Lipinski definition) is 1. The third-order valence-electron chi connectivity index (χ3n) is 2.62. The first-order valence-corrected chi connectivity index (χ1v) is 6.61. The summed E-state index contributed by atoms with van der Waals surface area (Å²) in [6, 6.07) is 12.4. The van der Waals surface area contributed by atoms with Gasteiger partial charge in [0, 0.05) is 4.88 Å². The highest BCUT2D eigenvalue weighted by Gasteiger charge is 2.00. The number of rotatable bonds is 4. The van der Waals surface area contributed by atoms with Gasteiger partial charge >= 0.3 is 0 Å². The normalized spacial score (nSPS) is 11.5. The number of nitrogens with one attached hydrogen (secondary N) is 1. The maximum absolute atomic E-state index is 4.42. The minimum Gasteiger partial charge on any atom is -0.278 e. The van der Waals surface area contributed by atoms with Gasteiger partial charge < -0.3 is 0 Å². The van der Waals surface area contributed by atoms with Crippen LogP contribution < -0.4 is 5.43 Å². The highest BCUT2D eigenvalue weighted by atomic mass is 32.1. The van der Waals surface area contributed by atoms with Crippen LogP contribution in [0, 0.1) is 0 Å². The Kier molecular flexibility index (Phi) is 3.94. The highest BCUT2D eigenvalue weighted by molar-refractivity contribution is 7.12. The summed E-state index contributed by atoms with van der Waals surface area (Å²) < 4.78 is 0.